The largest absolute Gasteiger partial charge is 0.493 e. The van der Waals surface area contributed by atoms with Crippen LogP contribution in [0.3, 0.4) is 0 Å². The van der Waals surface area contributed by atoms with E-state index in [9.17, 15) is 4.79 Å². The fourth-order valence-electron chi connectivity index (χ4n) is 2.31. The van der Waals surface area contributed by atoms with Gasteiger partial charge in [-0.05, 0) is 52.3 Å². The Morgan fingerprint density at radius 1 is 1.12 bits per heavy atom. The van der Waals surface area contributed by atoms with Gasteiger partial charge in [0, 0.05) is 19.9 Å². The average Bonchev–Trinajstić information content (AvgIpc) is 3.05. The van der Waals surface area contributed by atoms with E-state index < -0.39 is 5.91 Å². The molecular weight excluding hydrogens is 468 g/mol. The summed E-state index contributed by atoms with van der Waals surface area (Å²) in [4.78, 5) is 12.2. The third-order valence-corrected chi connectivity index (χ3v) is 4.75. The third kappa shape index (κ3) is 3.91. The van der Waals surface area contributed by atoms with Crippen LogP contribution in [0.25, 0.3) is 11.0 Å². The Hall–Kier alpha value is -2.32. The number of methoxy groups -OCH3 is 2. The second-order valence-corrected chi connectivity index (χ2v) is 6.99. The number of amides is 1. The smallest absolute Gasteiger partial charge is 0.307 e. The lowest BCUT2D eigenvalue weighted by Crippen LogP contribution is -2.16. The number of halogens is 2. The van der Waals surface area contributed by atoms with Gasteiger partial charge in [-0.1, -0.05) is 15.9 Å². The van der Waals surface area contributed by atoms with Crippen molar-refractivity contribution in [1.82, 2.24) is 5.43 Å². The number of furan rings is 1. The molecule has 0 spiro atoms. The molecule has 1 heterocycles. The lowest BCUT2D eigenvalue weighted by Gasteiger charge is -2.09. The first-order valence-corrected chi connectivity index (χ1v) is 9.04. The molecule has 1 N–H and O–H groups in total. The van der Waals surface area contributed by atoms with E-state index in [1.807, 2.05) is 12.1 Å². The first-order chi connectivity index (χ1) is 12.5. The highest BCUT2D eigenvalue weighted by Gasteiger charge is 2.12. The van der Waals surface area contributed by atoms with Crippen molar-refractivity contribution in [2.24, 2.45) is 5.10 Å². The van der Waals surface area contributed by atoms with E-state index in [0.29, 0.717) is 17.1 Å². The van der Waals surface area contributed by atoms with Crippen molar-refractivity contribution in [2.75, 3.05) is 14.2 Å². The Balaban J connectivity index is 1.76. The summed E-state index contributed by atoms with van der Waals surface area (Å²) < 4.78 is 17.7. The number of benzene rings is 2. The van der Waals surface area contributed by atoms with Crippen molar-refractivity contribution < 1.29 is 18.7 Å². The van der Waals surface area contributed by atoms with Crippen molar-refractivity contribution in [3.8, 4) is 11.5 Å². The summed E-state index contributed by atoms with van der Waals surface area (Å²) in [6.07, 6.45) is 1.50. The van der Waals surface area contributed by atoms with Gasteiger partial charge in [-0.15, -0.1) is 0 Å². The number of ether oxygens (including phenoxy) is 2. The van der Waals surface area contributed by atoms with Gasteiger partial charge in [0.25, 0.3) is 0 Å². The van der Waals surface area contributed by atoms with E-state index >= 15 is 0 Å². The van der Waals surface area contributed by atoms with E-state index in [1.54, 1.807) is 38.5 Å². The monoisotopic (exact) mass is 480 g/mol. The molecule has 0 unspecified atom stereocenters. The van der Waals surface area contributed by atoms with Crippen LogP contribution >= 0.6 is 31.9 Å². The summed E-state index contributed by atoms with van der Waals surface area (Å²) in [5.74, 6) is 0.895. The van der Waals surface area contributed by atoms with Crippen LogP contribution in [-0.4, -0.2) is 26.3 Å². The minimum atomic E-state index is -0.440. The lowest BCUT2D eigenvalue weighted by atomic mass is 10.2. The number of carbonyl (C=O) groups excluding carboxylic acids is 1. The topological polar surface area (TPSA) is 73.1 Å². The van der Waals surface area contributed by atoms with Gasteiger partial charge in [0.05, 0.1) is 20.4 Å². The minimum absolute atomic E-state index is 0.182. The quantitative estimate of drug-likeness (QED) is 0.422. The first-order valence-electron chi connectivity index (χ1n) is 7.46. The average molecular weight is 482 g/mol. The van der Waals surface area contributed by atoms with Crippen molar-refractivity contribution >= 4 is 55.0 Å². The summed E-state index contributed by atoms with van der Waals surface area (Å²) in [5.41, 5.74) is 3.80. The molecule has 1 amide bonds. The van der Waals surface area contributed by atoms with Gasteiger partial charge in [0.2, 0.25) is 0 Å². The van der Waals surface area contributed by atoms with Gasteiger partial charge in [0.1, 0.15) is 5.58 Å². The van der Waals surface area contributed by atoms with Crippen LogP contribution in [0.4, 0.5) is 0 Å². The molecule has 3 rings (SSSR count). The van der Waals surface area contributed by atoms with Crippen LogP contribution in [0, 0.1) is 0 Å². The Morgan fingerprint density at radius 2 is 1.85 bits per heavy atom. The fourth-order valence-corrected chi connectivity index (χ4v) is 3.11. The molecule has 6 nitrogen and oxygen atoms in total. The zero-order valence-electron chi connectivity index (χ0n) is 13.9. The van der Waals surface area contributed by atoms with Crippen LogP contribution in [0.1, 0.15) is 16.1 Å². The molecule has 0 aliphatic heterocycles. The zero-order chi connectivity index (χ0) is 18.7. The molecular formula is C18H14Br2N2O4. The molecule has 3 aromatic rings. The van der Waals surface area contributed by atoms with Gasteiger partial charge < -0.3 is 13.9 Å². The molecule has 8 heteroatoms. The lowest BCUT2D eigenvalue weighted by molar-refractivity contribution is 0.0929. The molecule has 0 radical (unpaired) electrons. The van der Waals surface area contributed by atoms with Crippen molar-refractivity contribution in [2.45, 2.75) is 0 Å². The normalized spacial score (nSPS) is 11.1. The van der Waals surface area contributed by atoms with Crippen LogP contribution < -0.4 is 14.9 Å². The minimum Gasteiger partial charge on any atom is -0.493 e. The van der Waals surface area contributed by atoms with E-state index in [1.165, 1.54) is 6.21 Å². The summed E-state index contributed by atoms with van der Waals surface area (Å²) >= 11 is 6.82. The predicted molar refractivity (Wildman–Crippen MR) is 106 cm³/mol. The van der Waals surface area contributed by atoms with Gasteiger partial charge >= 0.3 is 5.91 Å². The highest BCUT2D eigenvalue weighted by atomic mass is 79.9. The van der Waals surface area contributed by atoms with Crippen LogP contribution in [0.15, 0.2) is 54.9 Å². The molecule has 0 saturated carbocycles. The Bertz CT molecular complexity index is 998. The van der Waals surface area contributed by atoms with E-state index in [-0.39, 0.29) is 5.76 Å². The number of hydrogen-bond donors (Lipinski definition) is 1. The van der Waals surface area contributed by atoms with Crippen LogP contribution in [0.5, 0.6) is 11.5 Å². The third-order valence-electron chi connectivity index (χ3n) is 3.57. The number of rotatable bonds is 5. The maximum Gasteiger partial charge on any atom is 0.307 e. The molecule has 26 heavy (non-hydrogen) atoms. The Labute approximate surface area is 166 Å². The van der Waals surface area contributed by atoms with Gasteiger partial charge in [-0.25, -0.2) is 5.43 Å². The molecule has 0 bridgehead atoms. The summed E-state index contributed by atoms with van der Waals surface area (Å²) in [6.45, 7) is 0. The van der Waals surface area contributed by atoms with Gasteiger partial charge in [-0.2, -0.15) is 5.10 Å². The van der Waals surface area contributed by atoms with Crippen molar-refractivity contribution in [3.63, 3.8) is 0 Å². The molecule has 0 atom stereocenters. The summed E-state index contributed by atoms with van der Waals surface area (Å²) in [5, 5.41) is 4.81. The standard InChI is InChI=1S/C18H14Br2N2O4/c1-24-15-7-11(13(20)8-16(15)25-2)9-21-22-18(23)17-6-10-5-12(19)3-4-14(10)26-17/h3-9H,1-2H3,(H,22,23)/b21-9+. The van der Waals surface area contributed by atoms with Gasteiger partial charge in [-0.3, -0.25) is 4.79 Å². The second kappa shape index (κ2) is 7.92. The van der Waals surface area contributed by atoms with Crippen molar-refractivity contribution in [3.05, 3.63) is 56.7 Å². The number of nitrogens with one attached hydrogen (secondary N) is 1. The second-order valence-electron chi connectivity index (χ2n) is 5.22. The predicted octanol–water partition coefficient (Wildman–Crippen LogP) is 4.74. The summed E-state index contributed by atoms with van der Waals surface area (Å²) in [6, 6.07) is 10.7. The summed E-state index contributed by atoms with van der Waals surface area (Å²) in [7, 11) is 3.11. The first kappa shape index (κ1) is 18.5. The van der Waals surface area contributed by atoms with Crippen LogP contribution in [-0.2, 0) is 0 Å². The molecule has 0 aliphatic carbocycles. The van der Waals surface area contributed by atoms with Crippen molar-refractivity contribution in [1.29, 1.82) is 0 Å². The number of carbonyl (C=O) groups is 1. The molecule has 0 aliphatic rings. The number of hydrazone groups is 1. The Morgan fingerprint density at radius 3 is 2.58 bits per heavy atom. The van der Waals surface area contributed by atoms with Gasteiger partial charge in [0.15, 0.2) is 17.3 Å². The van der Waals surface area contributed by atoms with E-state index in [0.717, 1.165) is 19.9 Å². The van der Waals surface area contributed by atoms with E-state index in [2.05, 4.69) is 42.4 Å². The number of fused-ring (bicyclic) bond motifs is 1. The maximum absolute atomic E-state index is 12.2. The highest BCUT2D eigenvalue weighted by molar-refractivity contribution is 9.10. The number of hydrogen-bond acceptors (Lipinski definition) is 5. The highest BCUT2D eigenvalue weighted by Crippen LogP contribution is 2.32. The molecule has 2 aromatic carbocycles. The fraction of sp³-hybridized carbons (Fsp3) is 0.111. The zero-order valence-corrected chi connectivity index (χ0v) is 17.0. The number of nitrogens with zero attached hydrogens (tertiary/aromatic N) is 1. The molecule has 1 aromatic heterocycles. The van der Waals surface area contributed by atoms with E-state index in [4.69, 9.17) is 13.9 Å². The molecule has 0 saturated heterocycles. The molecule has 0 fully saturated rings. The SMILES string of the molecule is COc1cc(Br)c(/C=N/NC(=O)c2cc3cc(Br)ccc3o2)cc1OC. The maximum atomic E-state index is 12.2. The van der Waals surface area contributed by atoms with Crippen LogP contribution in [0.2, 0.25) is 0 Å². The Kier molecular flexibility index (Phi) is 5.63. The molecule has 134 valence electrons.